The van der Waals surface area contributed by atoms with E-state index in [1.54, 1.807) is 6.92 Å². The Balaban J connectivity index is 1.65. The fraction of sp³-hybridized carbons (Fsp3) is 0.429. The summed E-state index contributed by atoms with van der Waals surface area (Å²) in [7, 11) is 0. The van der Waals surface area contributed by atoms with Crippen molar-refractivity contribution in [3.8, 4) is 11.5 Å². The zero-order chi connectivity index (χ0) is 26.0. The first-order valence-corrected chi connectivity index (χ1v) is 10.8. The van der Waals surface area contributed by atoms with Crippen LogP contribution >= 0.6 is 0 Å². The summed E-state index contributed by atoms with van der Waals surface area (Å²) in [6.07, 6.45) is -6.06. The number of aromatic nitrogens is 5. The highest BCUT2D eigenvalue weighted by molar-refractivity contribution is 6.00. The summed E-state index contributed by atoms with van der Waals surface area (Å²) in [5, 5.41) is 9.27. The molecular formula is C21H17F6N7O2. The molecule has 0 unspecified atom stereocenters. The number of carbonyl (C=O) groups is 2. The first-order valence-electron chi connectivity index (χ1n) is 10.8. The molecule has 15 heteroatoms. The zero-order valence-electron chi connectivity index (χ0n) is 18.5. The van der Waals surface area contributed by atoms with Crippen LogP contribution in [0, 0.1) is 5.82 Å². The normalized spacial score (nSPS) is 20.1. The van der Waals surface area contributed by atoms with E-state index < -0.39 is 36.3 Å². The number of pyridine rings is 1. The molecule has 5 rings (SSSR count). The molecule has 2 aliphatic rings. The lowest BCUT2D eigenvalue weighted by Crippen LogP contribution is -2.37. The molecule has 0 aromatic carbocycles. The Morgan fingerprint density at radius 3 is 2.42 bits per heavy atom. The van der Waals surface area contributed by atoms with Crippen LogP contribution in [0.5, 0.6) is 0 Å². The van der Waals surface area contributed by atoms with E-state index in [4.69, 9.17) is 0 Å². The summed E-state index contributed by atoms with van der Waals surface area (Å²) in [6.45, 7) is 0.895. The molecule has 2 amide bonds. The maximum atomic E-state index is 14.0. The lowest BCUT2D eigenvalue weighted by atomic mass is 9.74. The smallest absolute Gasteiger partial charge is 0.310 e. The Morgan fingerprint density at radius 1 is 1.08 bits per heavy atom. The van der Waals surface area contributed by atoms with E-state index in [0.29, 0.717) is 12.0 Å². The number of nitrogens with zero attached hydrogens (tertiary/aromatic N) is 5. The standard InChI is InChI=1S/C21H17F6N7O2/c1-19-3-2-11(35)29-15-13(19)16(30-12(36)7-19)32-17(31-15)14-10-6-9(22)8-28-18(10)34(33-14)5-4-20(23,24)21(25,26)27/h6,8H,2-5,7H2,1H3,(H2,29,30,31,32,35,36)/t19-/m1/s1. The van der Waals surface area contributed by atoms with Gasteiger partial charge in [-0.2, -0.15) is 27.1 Å². The van der Waals surface area contributed by atoms with Gasteiger partial charge in [-0.05, 0) is 12.5 Å². The second kappa shape index (κ2) is 7.86. The Kier molecular flexibility index (Phi) is 5.23. The molecule has 0 bridgehead atoms. The maximum Gasteiger partial charge on any atom is 0.453 e. The number of alkyl halides is 5. The predicted octanol–water partition coefficient (Wildman–Crippen LogP) is 3.95. The average molecular weight is 513 g/mol. The van der Waals surface area contributed by atoms with Crippen molar-refractivity contribution in [1.82, 2.24) is 24.7 Å². The van der Waals surface area contributed by atoms with Crippen LogP contribution in [0.2, 0.25) is 0 Å². The van der Waals surface area contributed by atoms with E-state index in [1.807, 2.05) is 0 Å². The molecule has 1 atom stereocenters. The minimum absolute atomic E-state index is 0.0534. The Hall–Kier alpha value is -3.78. The number of hydrogen-bond acceptors (Lipinski definition) is 6. The van der Waals surface area contributed by atoms with E-state index in [2.05, 4.69) is 30.7 Å². The number of anilines is 2. The van der Waals surface area contributed by atoms with Crippen molar-refractivity contribution >= 4 is 34.5 Å². The van der Waals surface area contributed by atoms with Gasteiger partial charge in [0, 0.05) is 36.8 Å². The highest BCUT2D eigenvalue weighted by Gasteiger charge is 2.56. The van der Waals surface area contributed by atoms with Gasteiger partial charge in [-0.1, -0.05) is 6.92 Å². The van der Waals surface area contributed by atoms with E-state index in [0.717, 1.165) is 16.9 Å². The van der Waals surface area contributed by atoms with Gasteiger partial charge in [0.2, 0.25) is 11.8 Å². The fourth-order valence-corrected chi connectivity index (χ4v) is 4.48. The minimum Gasteiger partial charge on any atom is -0.310 e. The lowest BCUT2D eigenvalue weighted by Gasteiger charge is -2.34. The van der Waals surface area contributed by atoms with Crippen molar-refractivity contribution in [3.63, 3.8) is 0 Å². The van der Waals surface area contributed by atoms with Gasteiger partial charge in [0.1, 0.15) is 23.1 Å². The summed E-state index contributed by atoms with van der Waals surface area (Å²) in [5.41, 5.74) is -0.599. The average Bonchev–Trinajstić information content (AvgIpc) is 3.06. The summed E-state index contributed by atoms with van der Waals surface area (Å²) in [6, 6.07) is 0.963. The summed E-state index contributed by atoms with van der Waals surface area (Å²) >= 11 is 0. The highest BCUT2D eigenvalue weighted by Crippen LogP contribution is 2.46. The van der Waals surface area contributed by atoms with Gasteiger partial charge in [-0.3, -0.25) is 9.59 Å². The first kappa shape index (κ1) is 23.9. The minimum atomic E-state index is -5.76. The Morgan fingerprint density at radius 2 is 1.75 bits per heavy atom. The van der Waals surface area contributed by atoms with Crippen LogP contribution in [0.15, 0.2) is 12.3 Å². The molecule has 2 aliphatic heterocycles. The third-order valence-corrected chi connectivity index (χ3v) is 6.30. The van der Waals surface area contributed by atoms with Gasteiger partial charge < -0.3 is 10.6 Å². The topological polar surface area (TPSA) is 115 Å². The number of aryl methyl sites for hydroxylation is 1. The van der Waals surface area contributed by atoms with E-state index in [-0.39, 0.29) is 58.8 Å². The van der Waals surface area contributed by atoms with Crippen molar-refractivity contribution < 1.29 is 35.9 Å². The molecule has 3 aromatic heterocycles. The van der Waals surface area contributed by atoms with Gasteiger partial charge in [0.25, 0.3) is 0 Å². The largest absolute Gasteiger partial charge is 0.453 e. The van der Waals surface area contributed by atoms with Gasteiger partial charge >= 0.3 is 12.1 Å². The lowest BCUT2D eigenvalue weighted by molar-refractivity contribution is -0.285. The number of nitrogens with one attached hydrogen (secondary N) is 2. The molecule has 0 radical (unpaired) electrons. The van der Waals surface area contributed by atoms with E-state index in [9.17, 15) is 35.9 Å². The van der Waals surface area contributed by atoms with Crippen LogP contribution in [0.3, 0.4) is 0 Å². The van der Waals surface area contributed by atoms with Crippen molar-refractivity contribution in [2.75, 3.05) is 10.6 Å². The molecule has 0 saturated carbocycles. The van der Waals surface area contributed by atoms with Gasteiger partial charge in [-0.15, -0.1) is 0 Å². The SMILES string of the molecule is C[C@]12CCC(=O)Nc3nc(-c4nn(CCC(F)(F)C(F)(F)F)c5ncc(F)cc45)nc(c31)NC(=O)C2. The zero-order valence-corrected chi connectivity index (χ0v) is 18.5. The molecule has 36 heavy (non-hydrogen) atoms. The number of carbonyl (C=O) groups excluding carboxylic acids is 2. The second-order valence-electron chi connectivity index (χ2n) is 9.00. The van der Waals surface area contributed by atoms with Crippen LogP contribution in [0.4, 0.5) is 38.0 Å². The number of fused-ring (bicyclic) bond motifs is 1. The highest BCUT2D eigenvalue weighted by atomic mass is 19.4. The van der Waals surface area contributed by atoms with Gasteiger partial charge in [0.05, 0.1) is 11.6 Å². The number of hydrogen-bond donors (Lipinski definition) is 2. The predicted molar refractivity (Wildman–Crippen MR) is 113 cm³/mol. The summed E-state index contributed by atoms with van der Waals surface area (Å²) < 4.78 is 79.8. The molecule has 0 aliphatic carbocycles. The molecule has 0 saturated heterocycles. The van der Waals surface area contributed by atoms with Gasteiger partial charge in [-0.25, -0.2) is 24.0 Å². The quantitative estimate of drug-likeness (QED) is 0.511. The van der Waals surface area contributed by atoms with Crippen LogP contribution < -0.4 is 10.6 Å². The monoisotopic (exact) mass is 513 g/mol. The van der Waals surface area contributed by atoms with Crippen LogP contribution in [0.1, 0.15) is 38.2 Å². The van der Waals surface area contributed by atoms with Crippen molar-refractivity contribution in [2.45, 2.75) is 56.7 Å². The Labute approximate surface area is 198 Å². The molecule has 9 nitrogen and oxygen atoms in total. The van der Waals surface area contributed by atoms with Crippen LogP contribution in [-0.2, 0) is 21.5 Å². The van der Waals surface area contributed by atoms with Crippen LogP contribution in [-0.4, -0.2) is 48.6 Å². The van der Waals surface area contributed by atoms with E-state index in [1.165, 1.54) is 0 Å². The number of rotatable bonds is 4. The third kappa shape index (κ3) is 3.91. The molecule has 190 valence electrons. The number of amides is 2. The molecule has 5 heterocycles. The first-order chi connectivity index (χ1) is 16.8. The van der Waals surface area contributed by atoms with E-state index >= 15 is 0 Å². The molecule has 2 N–H and O–H groups in total. The molecule has 0 fully saturated rings. The van der Waals surface area contributed by atoms with Gasteiger partial charge in [0.15, 0.2) is 11.5 Å². The summed E-state index contributed by atoms with van der Waals surface area (Å²) in [5.74, 6) is -6.56. The van der Waals surface area contributed by atoms with Crippen molar-refractivity contribution in [3.05, 3.63) is 23.6 Å². The third-order valence-electron chi connectivity index (χ3n) is 6.30. The van der Waals surface area contributed by atoms with Crippen molar-refractivity contribution in [1.29, 1.82) is 0 Å². The molecular weight excluding hydrogens is 496 g/mol. The molecule has 0 spiro atoms. The molecule has 3 aromatic rings. The maximum absolute atomic E-state index is 14.0. The second-order valence-corrected chi connectivity index (χ2v) is 9.00. The van der Waals surface area contributed by atoms with Crippen LogP contribution in [0.25, 0.3) is 22.6 Å². The summed E-state index contributed by atoms with van der Waals surface area (Å²) in [4.78, 5) is 37.2. The Bertz CT molecular complexity index is 1420. The fourth-order valence-electron chi connectivity index (χ4n) is 4.48. The number of halogens is 6. The van der Waals surface area contributed by atoms with Crippen molar-refractivity contribution in [2.24, 2.45) is 0 Å².